The van der Waals surface area contributed by atoms with Gasteiger partial charge in [-0.3, -0.25) is 0 Å². The summed E-state index contributed by atoms with van der Waals surface area (Å²) in [4.78, 5) is 0. The van der Waals surface area contributed by atoms with Crippen LogP contribution in [0.25, 0.3) is 22.1 Å². The summed E-state index contributed by atoms with van der Waals surface area (Å²) < 4.78 is 39.6. The first kappa shape index (κ1) is 15.4. The third-order valence-corrected chi connectivity index (χ3v) is 2.67. The number of benzene rings is 2. The van der Waals surface area contributed by atoms with Crippen molar-refractivity contribution in [2.24, 2.45) is 0 Å². The van der Waals surface area contributed by atoms with Crippen molar-refractivity contribution in [3.63, 3.8) is 0 Å². The lowest BCUT2D eigenvalue weighted by Crippen LogP contribution is -2.68. The summed E-state index contributed by atoms with van der Waals surface area (Å²) in [6.07, 6.45) is 1.74. The second-order valence-electron chi connectivity index (χ2n) is 4.08. The van der Waals surface area contributed by atoms with Gasteiger partial charge in [-0.25, -0.2) is 23.1 Å². The lowest BCUT2D eigenvalue weighted by Gasteiger charge is -2.17. The molecule has 0 fully saturated rings. The van der Waals surface area contributed by atoms with E-state index in [0.29, 0.717) is 0 Å². The van der Waals surface area contributed by atoms with Gasteiger partial charge in [0.1, 0.15) is 0 Å². The highest BCUT2D eigenvalue weighted by Crippen LogP contribution is 2.27. The molecule has 0 aliphatic carbocycles. The molecule has 2 aromatic carbocycles. The first-order chi connectivity index (χ1) is 9.95. The van der Waals surface area contributed by atoms with Crippen LogP contribution < -0.4 is 18.6 Å². The fourth-order valence-electron chi connectivity index (χ4n) is 1.90. The maximum Gasteiger partial charge on any atom is 0.367 e. The molecule has 0 atom stereocenters. The van der Waals surface area contributed by atoms with Gasteiger partial charge in [-0.05, 0) is 23.6 Å². The van der Waals surface area contributed by atoms with Crippen molar-refractivity contribution >= 4 is 10.8 Å². The number of fused-ring (bicyclic) bond motifs is 1. The molecule has 0 amide bonds. The standard InChI is InChI=1S/C15H11O.ClHO4/c1-2-7-13(8-3-1)15-14-9-5-4-6-12(14)10-11-16-15;2-1(3,4)5/h1-11H;(H,2,3,4,5)/q+1;/p-1. The van der Waals surface area contributed by atoms with Crippen molar-refractivity contribution in [1.29, 1.82) is 0 Å². The molecule has 108 valence electrons. The maximum absolute atomic E-state index is 8.49. The molecule has 0 aliphatic heterocycles. The zero-order valence-corrected chi connectivity index (χ0v) is 11.5. The highest BCUT2D eigenvalue weighted by Gasteiger charge is 2.14. The van der Waals surface area contributed by atoms with Crippen molar-refractivity contribution in [3.05, 3.63) is 66.9 Å². The maximum atomic E-state index is 8.49. The highest BCUT2D eigenvalue weighted by atomic mass is 35.7. The molecule has 6 heteroatoms. The van der Waals surface area contributed by atoms with Crippen LogP contribution in [0.15, 0.2) is 71.3 Å². The molecule has 1 heterocycles. The summed E-state index contributed by atoms with van der Waals surface area (Å²) in [5.41, 5.74) is 1.11. The molecular formula is C15H11ClO5. The van der Waals surface area contributed by atoms with E-state index in [9.17, 15) is 0 Å². The summed E-state index contributed by atoms with van der Waals surface area (Å²) in [7, 11) is -4.94. The Morgan fingerprint density at radius 2 is 1.29 bits per heavy atom. The van der Waals surface area contributed by atoms with Gasteiger partial charge in [-0.15, -0.1) is 10.2 Å². The van der Waals surface area contributed by atoms with E-state index in [1.165, 1.54) is 5.39 Å². The molecule has 0 radical (unpaired) electrons. The van der Waals surface area contributed by atoms with Crippen molar-refractivity contribution in [2.45, 2.75) is 0 Å². The van der Waals surface area contributed by atoms with Crippen LogP contribution in [0.2, 0.25) is 0 Å². The fourth-order valence-corrected chi connectivity index (χ4v) is 1.90. The van der Waals surface area contributed by atoms with Gasteiger partial charge in [-0.2, -0.15) is 0 Å². The normalized spacial score (nSPS) is 10.9. The molecule has 0 aliphatic rings. The van der Waals surface area contributed by atoms with Crippen LogP contribution in [0.3, 0.4) is 0 Å². The van der Waals surface area contributed by atoms with Crippen molar-refractivity contribution in [1.82, 2.24) is 0 Å². The van der Waals surface area contributed by atoms with E-state index in [0.717, 1.165) is 16.7 Å². The average molecular weight is 307 g/mol. The number of rotatable bonds is 1. The molecule has 0 bridgehead atoms. The summed E-state index contributed by atoms with van der Waals surface area (Å²) in [5, 5.41) is 2.35. The second kappa shape index (κ2) is 6.62. The van der Waals surface area contributed by atoms with Crippen LogP contribution in [0, 0.1) is 10.2 Å². The third kappa shape index (κ3) is 4.78. The summed E-state index contributed by atoms with van der Waals surface area (Å²) >= 11 is 0. The minimum Gasteiger partial charge on any atom is -0.222 e. The quantitative estimate of drug-likeness (QED) is 0.570. The zero-order chi connectivity index (χ0) is 15.3. The first-order valence-electron chi connectivity index (χ1n) is 5.92. The molecule has 3 aromatic rings. The van der Waals surface area contributed by atoms with Gasteiger partial charge in [0.25, 0.3) is 0 Å². The monoisotopic (exact) mass is 306 g/mol. The van der Waals surface area contributed by atoms with Gasteiger partial charge in [0.2, 0.25) is 0 Å². The molecule has 0 spiro atoms. The van der Waals surface area contributed by atoms with Crippen LogP contribution in [-0.4, -0.2) is 0 Å². The van der Waals surface area contributed by atoms with E-state index < -0.39 is 10.2 Å². The van der Waals surface area contributed by atoms with Crippen LogP contribution in [-0.2, 0) is 0 Å². The second-order valence-corrected chi connectivity index (χ2v) is 4.84. The van der Waals surface area contributed by atoms with E-state index in [-0.39, 0.29) is 0 Å². The van der Waals surface area contributed by atoms with Gasteiger partial charge in [0.05, 0.1) is 10.9 Å². The highest BCUT2D eigenvalue weighted by molar-refractivity contribution is 5.93. The third-order valence-electron chi connectivity index (χ3n) is 2.67. The topological polar surface area (TPSA) is 104 Å². The Labute approximate surface area is 123 Å². The molecule has 21 heavy (non-hydrogen) atoms. The Kier molecular flexibility index (Phi) is 4.85. The zero-order valence-electron chi connectivity index (χ0n) is 10.8. The number of hydrogen-bond acceptors (Lipinski definition) is 4. The Hall–Kier alpha value is -2.02. The Morgan fingerprint density at radius 1 is 0.714 bits per heavy atom. The SMILES string of the molecule is [O-][Cl+3]([O-])([O-])[O-].c1ccc(-c2[o+]ccc3ccccc23)cc1. The summed E-state index contributed by atoms with van der Waals surface area (Å²) in [5.74, 6) is 0.929. The average Bonchev–Trinajstić information content (AvgIpc) is 2.46. The van der Waals surface area contributed by atoms with Gasteiger partial charge in [-0.1, -0.05) is 36.4 Å². The van der Waals surface area contributed by atoms with Gasteiger partial charge < -0.3 is 0 Å². The van der Waals surface area contributed by atoms with E-state index in [1.54, 1.807) is 6.26 Å². The summed E-state index contributed by atoms with van der Waals surface area (Å²) in [6, 6.07) is 20.4. The fraction of sp³-hybridized carbons (Fsp3) is 0. The molecule has 1 aromatic heterocycles. The first-order valence-corrected chi connectivity index (χ1v) is 7.15. The molecule has 0 saturated heterocycles. The van der Waals surface area contributed by atoms with E-state index in [4.69, 9.17) is 23.1 Å². The lowest BCUT2D eigenvalue weighted by atomic mass is 10.1. The van der Waals surface area contributed by atoms with Gasteiger partial charge >= 0.3 is 12.0 Å². The summed E-state index contributed by atoms with van der Waals surface area (Å²) in [6.45, 7) is 0. The smallest absolute Gasteiger partial charge is 0.222 e. The molecular weight excluding hydrogens is 296 g/mol. The minimum atomic E-state index is -4.94. The van der Waals surface area contributed by atoms with E-state index in [2.05, 4.69) is 24.3 Å². The molecule has 0 saturated carbocycles. The molecule has 0 unspecified atom stereocenters. The number of hydrogen-bond donors (Lipinski definition) is 0. The van der Waals surface area contributed by atoms with E-state index in [1.807, 2.05) is 36.4 Å². The van der Waals surface area contributed by atoms with Gasteiger partial charge in [0, 0.05) is 6.07 Å². The number of halogens is 1. The lowest BCUT2D eigenvalue weighted by molar-refractivity contribution is -2.00. The molecule has 5 nitrogen and oxygen atoms in total. The Balaban J connectivity index is 0.000000282. The Bertz CT molecular complexity index is 699. The van der Waals surface area contributed by atoms with Crippen molar-refractivity contribution in [2.75, 3.05) is 0 Å². The van der Waals surface area contributed by atoms with Crippen LogP contribution >= 0.6 is 0 Å². The Morgan fingerprint density at radius 3 is 1.95 bits per heavy atom. The van der Waals surface area contributed by atoms with Crippen molar-refractivity contribution in [3.8, 4) is 11.3 Å². The molecule has 0 N–H and O–H groups in total. The van der Waals surface area contributed by atoms with Crippen LogP contribution in [0.1, 0.15) is 0 Å². The van der Waals surface area contributed by atoms with Crippen molar-refractivity contribution < 1.29 is 33.3 Å². The largest absolute Gasteiger partial charge is 0.367 e. The predicted octanol–water partition coefficient (Wildman–Crippen LogP) is -0.375. The predicted molar refractivity (Wildman–Crippen MR) is 66.1 cm³/mol. The van der Waals surface area contributed by atoms with Gasteiger partial charge in [0.15, 0.2) is 0 Å². The van der Waals surface area contributed by atoms with Crippen LogP contribution in [0.4, 0.5) is 0 Å². The van der Waals surface area contributed by atoms with Crippen LogP contribution in [0.5, 0.6) is 0 Å². The minimum absolute atomic E-state index is 0.929. The molecule has 3 rings (SSSR count). The van der Waals surface area contributed by atoms with E-state index >= 15 is 0 Å².